The van der Waals surface area contributed by atoms with Crippen LogP contribution in [0.5, 0.6) is 0 Å². The molecule has 0 radical (unpaired) electrons. The average Bonchev–Trinajstić information content (AvgIpc) is 0.811. The van der Waals surface area contributed by atoms with Crippen LogP contribution in [0.25, 0.3) is 0 Å². The molecule has 0 rings (SSSR count). The molecular weight excluding hydrogens is 197 g/mol. The zero-order valence-corrected chi connectivity index (χ0v) is 6.23. The largest absolute Gasteiger partial charge is 0.320 e. The molecule has 3 heteroatoms. The number of nitrogens with two attached hydrogens (primary N) is 1. The third-order valence-corrected chi connectivity index (χ3v) is 0. The average molecular weight is 205 g/mol. The van der Waals surface area contributed by atoms with Crippen LogP contribution in [-0.4, -0.2) is 5.37 Å². The molecule has 0 fully saturated rings. The highest BCUT2D eigenvalue weighted by Crippen LogP contribution is 1.72. The summed E-state index contributed by atoms with van der Waals surface area (Å²) in [5.74, 6) is 0. The Labute approximate surface area is 54.7 Å². The maximum Gasteiger partial charge on any atom is 0.0448 e. The molecule has 34 valence electrons. The molecule has 1 atom stereocenters. The van der Waals surface area contributed by atoms with E-state index in [4.69, 9.17) is 5.73 Å². The first-order chi connectivity index (χ1) is 1.73. The minimum atomic E-state index is 0. The summed E-state index contributed by atoms with van der Waals surface area (Å²) < 4.78 is 0. The van der Waals surface area contributed by atoms with Crippen molar-refractivity contribution in [3.63, 3.8) is 0 Å². The van der Waals surface area contributed by atoms with Crippen LogP contribution in [0.1, 0.15) is 6.92 Å². The van der Waals surface area contributed by atoms with E-state index in [-0.39, 0.29) is 29.4 Å². The van der Waals surface area contributed by atoms with Crippen molar-refractivity contribution >= 4 is 36.6 Å². The van der Waals surface area contributed by atoms with E-state index < -0.39 is 0 Å². The lowest BCUT2D eigenvalue weighted by Crippen LogP contribution is -2.03. The molecule has 0 saturated carbocycles. The normalized spacial score (nSPS) is 12.6. The van der Waals surface area contributed by atoms with Gasteiger partial charge in [-0.25, -0.2) is 0 Å². The Hall–Kier alpha value is 1.04. The van der Waals surface area contributed by atoms with E-state index in [9.17, 15) is 0 Å². The van der Waals surface area contributed by atoms with Gasteiger partial charge in [-0.15, -0.1) is 24.0 Å². The molecule has 0 aliphatic heterocycles. The zero-order chi connectivity index (χ0) is 3.58. The smallest absolute Gasteiger partial charge is 0.0448 e. The molecule has 0 heterocycles. The van der Waals surface area contributed by atoms with E-state index in [1.165, 1.54) is 0 Å². The first-order valence-corrected chi connectivity index (χ1v) is 1.69. The van der Waals surface area contributed by atoms with Crippen LogP contribution in [0, 0.1) is 0 Å². The number of thiol groups is 1. The highest BCUT2D eigenvalue weighted by molar-refractivity contribution is 14.0. The topological polar surface area (TPSA) is 26.0 Å². The van der Waals surface area contributed by atoms with Crippen molar-refractivity contribution in [2.24, 2.45) is 5.73 Å². The maximum absolute atomic E-state index is 4.98. The summed E-state index contributed by atoms with van der Waals surface area (Å²) in [4.78, 5) is 0. The molecule has 0 aliphatic rings. The molecule has 0 aromatic carbocycles. The van der Waals surface area contributed by atoms with Gasteiger partial charge in [0, 0.05) is 5.37 Å². The van der Waals surface area contributed by atoms with Crippen molar-refractivity contribution in [2.75, 3.05) is 0 Å². The third-order valence-electron chi connectivity index (χ3n) is 0. The molecule has 2 N–H and O–H groups in total. The number of rotatable bonds is 0. The fourth-order valence-electron chi connectivity index (χ4n) is 0. The van der Waals surface area contributed by atoms with Gasteiger partial charge in [0.25, 0.3) is 0 Å². The summed E-state index contributed by atoms with van der Waals surface area (Å²) in [5, 5.41) is 0.0278. The van der Waals surface area contributed by atoms with Crippen molar-refractivity contribution in [2.45, 2.75) is 12.3 Å². The first kappa shape index (κ1) is 9.40. The number of hydrogen-bond acceptors (Lipinski definition) is 2. The molecule has 0 aromatic heterocycles. The van der Waals surface area contributed by atoms with Crippen LogP contribution in [-0.2, 0) is 0 Å². The van der Waals surface area contributed by atoms with Crippen molar-refractivity contribution < 1.29 is 0 Å². The van der Waals surface area contributed by atoms with Crippen molar-refractivity contribution in [1.82, 2.24) is 0 Å². The summed E-state index contributed by atoms with van der Waals surface area (Å²) in [6, 6.07) is 0. The number of halogens is 1. The molecule has 1 nitrogen and oxygen atoms in total. The molecule has 5 heavy (non-hydrogen) atoms. The lowest BCUT2D eigenvalue weighted by atomic mass is 10.8. The summed E-state index contributed by atoms with van der Waals surface area (Å²) >= 11 is 3.74. The molecule has 0 bridgehead atoms. The Balaban J connectivity index is 0. The SMILES string of the molecule is CC(N)S.I. The molecule has 0 amide bonds. The fraction of sp³-hybridized carbons (Fsp3) is 1.00. The minimum Gasteiger partial charge on any atom is -0.320 e. The van der Waals surface area contributed by atoms with Gasteiger partial charge in [-0.1, -0.05) is 0 Å². The Morgan fingerprint density at radius 1 is 1.80 bits per heavy atom. The van der Waals surface area contributed by atoms with Gasteiger partial charge >= 0.3 is 0 Å². The van der Waals surface area contributed by atoms with Crippen molar-refractivity contribution in [3.05, 3.63) is 0 Å². The quantitative estimate of drug-likeness (QED) is 0.342. The molecule has 0 spiro atoms. The monoisotopic (exact) mass is 205 g/mol. The van der Waals surface area contributed by atoms with Crippen LogP contribution in [0.3, 0.4) is 0 Å². The highest BCUT2D eigenvalue weighted by atomic mass is 127. The van der Waals surface area contributed by atoms with E-state index in [2.05, 4.69) is 12.6 Å². The molecular formula is C2H8INS. The zero-order valence-electron chi connectivity index (χ0n) is 3.01. The molecule has 0 aliphatic carbocycles. The van der Waals surface area contributed by atoms with Crippen LogP contribution in [0.2, 0.25) is 0 Å². The molecule has 0 saturated heterocycles. The number of hydrogen-bond donors (Lipinski definition) is 2. The third kappa shape index (κ3) is 43.1. The Morgan fingerprint density at radius 2 is 1.80 bits per heavy atom. The Bertz CT molecular complexity index is 14.4. The lowest BCUT2D eigenvalue weighted by Gasteiger charge is -1.80. The van der Waals surface area contributed by atoms with Crippen LogP contribution >= 0.6 is 36.6 Å². The second-order valence-electron chi connectivity index (χ2n) is 0.741. The van der Waals surface area contributed by atoms with E-state index in [0.717, 1.165) is 0 Å². The van der Waals surface area contributed by atoms with Crippen molar-refractivity contribution in [3.8, 4) is 0 Å². The van der Waals surface area contributed by atoms with Gasteiger partial charge in [0.2, 0.25) is 0 Å². The van der Waals surface area contributed by atoms with Crippen LogP contribution < -0.4 is 5.73 Å². The van der Waals surface area contributed by atoms with Gasteiger partial charge in [0.15, 0.2) is 0 Å². The Morgan fingerprint density at radius 3 is 1.80 bits per heavy atom. The lowest BCUT2D eigenvalue weighted by molar-refractivity contribution is 1.06. The van der Waals surface area contributed by atoms with Gasteiger partial charge < -0.3 is 5.73 Å². The summed E-state index contributed by atoms with van der Waals surface area (Å²) in [6.07, 6.45) is 0. The second-order valence-corrected chi connectivity index (χ2v) is 1.56. The minimum absolute atomic E-state index is 0. The van der Waals surface area contributed by atoms with E-state index in [1.54, 1.807) is 0 Å². The Kier molecular flexibility index (Phi) is 9.48. The highest BCUT2D eigenvalue weighted by Gasteiger charge is 1.68. The molecule has 1 unspecified atom stereocenters. The maximum atomic E-state index is 4.98. The van der Waals surface area contributed by atoms with E-state index in [1.807, 2.05) is 6.92 Å². The van der Waals surface area contributed by atoms with Crippen LogP contribution in [0.15, 0.2) is 0 Å². The van der Waals surface area contributed by atoms with Gasteiger partial charge in [-0.05, 0) is 6.92 Å². The predicted octanol–water partition coefficient (Wildman–Crippen LogP) is 0.839. The van der Waals surface area contributed by atoms with E-state index >= 15 is 0 Å². The van der Waals surface area contributed by atoms with Gasteiger partial charge in [0.05, 0.1) is 0 Å². The second kappa shape index (κ2) is 5.04. The standard InChI is InChI=1S/C2H7NS.HI/c1-2(3)4;/h2,4H,3H2,1H3;1H. The van der Waals surface area contributed by atoms with Gasteiger partial charge in [-0.2, -0.15) is 12.6 Å². The van der Waals surface area contributed by atoms with Gasteiger partial charge in [-0.3, -0.25) is 0 Å². The van der Waals surface area contributed by atoms with Crippen LogP contribution in [0.4, 0.5) is 0 Å². The van der Waals surface area contributed by atoms with E-state index in [0.29, 0.717) is 0 Å². The first-order valence-electron chi connectivity index (χ1n) is 1.17. The predicted molar refractivity (Wildman–Crippen MR) is 38.1 cm³/mol. The molecule has 0 aromatic rings. The fourth-order valence-corrected chi connectivity index (χ4v) is 0. The summed E-state index contributed by atoms with van der Waals surface area (Å²) in [7, 11) is 0. The summed E-state index contributed by atoms with van der Waals surface area (Å²) in [5.41, 5.74) is 4.98. The van der Waals surface area contributed by atoms with Gasteiger partial charge in [0.1, 0.15) is 0 Å². The summed E-state index contributed by atoms with van der Waals surface area (Å²) in [6.45, 7) is 1.81. The van der Waals surface area contributed by atoms with Crippen molar-refractivity contribution in [1.29, 1.82) is 0 Å².